The van der Waals surface area contributed by atoms with Crippen molar-refractivity contribution in [3.8, 4) is 5.75 Å². The molecular weight excluding hydrogens is 372 g/mol. The number of hydrogen-bond donors (Lipinski definition) is 1. The van der Waals surface area contributed by atoms with E-state index in [9.17, 15) is 9.59 Å². The van der Waals surface area contributed by atoms with E-state index in [0.717, 1.165) is 30.1 Å². The van der Waals surface area contributed by atoms with Crippen molar-refractivity contribution >= 4 is 11.8 Å². The van der Waals surface area contributed by atoms with Crippen molar-refractivity contribution in [2.75, 3.05) is 46.8 Å². The van der Waals surface area contributed by atoms with Crippen molar-refractivity contribution in [3.63, 3.8) is 0 Å². The third kappa shape index (κ3) is 5.14. The summed E-state index contributed by atoms with van der Waals surface area (Å²) in [7, 11) is 3.53. The standard InChI is InChI=1S/C21H28N4O4/c1-15-19(16(2)29-22-15)14-28-18-7-5-17(6-8-18)21(27)25-11-9-24(10-12-25)13-20(26)23(3)4/h5-8H,9-14H2,1-4H3/p+1. The Morgan fingerprint density at radius 1 is 1.17 bits per heavy atom. The summed E-state index contributed by atoms with van der Waals surface area (Å²) in [5.41, 5.74) is 2.41. The van der Waals surface area contributed by atoms with Crippen LogP contribution in [0, 0.1) is 13.8 Å². The Morgan fingerprint density at radius 3 is 2.38 bits per heavy atom. The number of amides is 2. The Labute approximate surface area is 171 Å². The molecule has 0 unspecified atom stereocenters. The zero-order valence-corrected chi connectivity index (χ0v) is 17.5. The molecule has 2 aromatic rings. The minimum atomic E-state index is 0.0141. The Morgan fingerprint density at radius 2 is 1.83 bits per heavy atom. The summed E-state index contributed by atoms with van der Waals surface area (Å²) in [6, 6.07) is 7.20. The molecule has 8 nitrogen and oxygen atoms in total. The first kappa shape index (κ1) is 20.9. The van der Waals surface area contributed by atoms with Crippen molar-refractivity contribution in [2.24, 2.45) is 0 Å². The molecule has 1 aliphatic rings. The van der Waals surface area contributed by atoms with Gasteiger partial charge in [-0.25, -0.2) is 0 Å². The molecule has 2 amide bonds. The second-order valence-corrected chi connectivity index (χ2v) is 7.62. The number of rotatable bonds is 6. The van der Waals surface area contributed by atoms with Gasteiger partial charge in [-0.15, -0.1) is 0 Å². The van der Waals surface area contributed by atoms with Gasteiger partial charge >= 0.3 is 0 Å². The number of benzene rings is 1. The quantitative estimate of drug-likeness (QED) is 0.753. The zero-order valence-electron chi connectivity index (χ0n) is 17.5. The van der Waals surface area contributed by atoms with E-state index in [1.807, 2.05) is 30.9 Å². The molecule has 1 aliphatic heterocycles. The molecule has 1 N–H and O–H groups in total. The lowest BCUT2D eigenvalue weighted by Gasteiger charge is -2.32. The SMILES string of the molecule is Cc1noc(C)c1COc1ccc(C(=O)N2CC[NH+](CC(=O)N(C)C)CC2)cc1. The van der Waals surface area contributed by atoms with Gasteiger partial charge in [0.2, 0.25) is 0 Å². The van der Waals surface area contributed by atoms with Crippen molar-refractivity contribution < 1.29 is 23.7 Å². The van der Waals surface area contributed by atoms with Gasteiger partial charge in [0.15, 0.2) is 6.54 Å². The van der Waals surface area contributed by atoms with Crippen LogP contribution >= 0.6 is 0 Å². The molecule has 0 atom stereocenters. The Balaban J connectivity index is 1.51. The molecule has 1 aromatic heterocycles. The molecule has 0 saturated carbocycles. The predicted octanol–water partition coefficient (Wildman–Crippen LogP) is 0.299. The minimum Gasteiger partial charge on any atom is -0.489 e. The summed E-state index contributed by atoms with van der Waals surface area (Å²) in [5, 5.41) is 3.92. The Kier molecular flexibility index (Phi) is 6.53. The summed E-state index contributed by atoms with van der Waals surface area (Å²) in [5.74, 6) is 1.58. The second-order valence-electron chi connectivity index (χ2n) is 7.62. The van der Waals surface area contributed by atoms with E-state index >= 15 is 0 Å². The molecule has 156 valence electrons. The maximum absolute atomic E-state index is 12.8. The molecule has 2 heterocycles. The summed E-state index contributed by atoms with van der Waals surface area (Å²) >= 11 is 0. The maximum Gasteiger partial charge on any atom is 0.277 e. The molecule has 0 radical (unpaired) electrons. The lowest BCUT2D eigenvalue weighted by molar-refractivity contribution is -0.896. The molecule has 0 aliphatic carbocycles. The van der Waals surface area contributed by atoms with Crippen LogP contribution in [0.4, 0.5) is 0 Å². The van der Waals surface area contributed by atoms with Crippen molar-refractivity contribution in [1.29, 1.82) is 0 Å². The minimum absolute atomic E-state index is 0.0141. The highest BCUT2D eigenvalue weighted by Crippen LogP contribution is 2.18. The number of ether oxygens (including phenoxy) is 1. The van der Waals surface area contributed by atoms with Gasteiger partial charge in [0, 0.05) is 19.7 Å². The maximum atomic E-state index is 12.8. The summed E-state index contributed by atoms with van der Waals surface area (Å²) in [6.07, 6.45) is 0. The van der Waals surface area contributed by atoms with Crippen LogP contribution in [0.1, 0.15) is 27.4 Å². The van der Waals surface area contributed by atoms with Crippen molar-refractivity contribution in [2.45, 2.75) is 20.5 Å². The molecule has 1 aromatic carbocycles. The topological polar surface area (TPSA) is 80.3 Å². The van der Waals surface area contributed by atoms with E-state index < -0.39 is 0 Å². The summed E-state index contributed by atoms with van der Waals surface area (Å²) in [6.45, 7) is 7.47. The number of quaternary nitrogens is 1. The van der Waals surface area contributed by atoms with Gasteiger partial charge in [-0.05, 0) is 38.1 Å². The molecule has 3 rings (SSSR count). The highest BCUT2D eigenvalue weighted by Gasteiger charge is 2.26. The number of nitrogens with one attached hydrogen (secondary N) is 1. The first-order chi connectivity index (χ1) is 13.8. The Bertz CT molecular complexity index is 833. The number of hydrogen-bond acceptors (Lipinski definition) is 5. The molecule has 1 saturated heterocycles. The number of piperazine rings is 1. The van der Waals surface area contributed by atoms with E-state index in [4.69, 9.17) is 9.26 Å². The fourth-order valence-electron chi connectivity index (χ4n) is 3.31. The van der Waals surface area contributed by atoms with E-state index in [1.165, 1.54) is 4.90 Å². The van der Waals surface area contributed by atoms with Crippen LogP contribution < -0.4 is 9.64 Å². The monoisotopic (exact) mass is 401 g/mol. The number of carbonyl (C=O) groups excluding carboxylic acids is 2. The summed E-state index contributed by atoms with van der Waals surface area (Å²) in [4.78, 5) is 29.3. The van der Waals surface area contributed by atoms with E-state index in [1.54, 1.807) is 31.1 Å². The van der Waals surface area contributed by atoms with Crippen LogP contribution in [0.15, 0.2) is 28.8 Å². The Hall–Kier alpha value is -2.87. The van der Waals surface area contributed by atoms with Gasteiger partial charge in [0.1, 0.15) is 18.1 Å². The fourth-order valence-corrected chi connectivity index (χ4v) is 3.31. The zero-order chi connectivity index (χ0) is 21.0. The van der Waals surface area contributed by atoms with Crippen molar-refractivity contribution in [1.82, 2.24) is 15.0 Å². The third-order valence-electron chi connectivity index (χ3n) is 5.32. The second kappa shape index (κ2) is 9.09. The van der Waals surface area contributed by atoms with Crippen LogP contribution in [0.5, 0.6) is 5.75 Å². The average molecular weight is 401 g/mol. The lowest BCUT2D eigenvalue weighted by Crippen LogP contribution is -3.15. The fraction of sp³-hybridized carbons (Fsp3) is 0.476. The smallest absolute Gasteiger partial charge is 0.277 e. The first-order valence-electron chi connectivity index (χ1n) is 9.82. The van der Waals surface area contributed by atoms with Crippen LogP contribution in [-0.4, -0.2) is 73.6 Å². The number of aromatic nitrogens is 1. The predicted molar refractivity (Wildman–Crippen MR) is 107 cm³/mol. The summed E-state index contributed by atoms with van der Waals surface area (Å²) < 4.78 is 10.9. The average Bonchev–Trinajstić information content (AvgIpc) is 3.04. The first-order valence-corrected chi connectivity index (χ1v) is 9.82. The third-order valence-corrected chi connectivity index (χ3v) is 5.32. The van der Waals surface area contributed by atoms with Crippen LogP contribution in [0.2, 0.25) is 0 Å². The van der Waals surface area contributed by atoms with Crippen molar-refractivity contribution in [3.05, 3.63) is 46.8 Å². The number of likely N-dealkylation sites (N-methyl/N-ethyl adjacent to an activating group) is 1. The van der Waals surface area contributed by atoms with Gasteiger partial charge in [-0.3, -0.25) is 9.59 Å². The molecule has 8 heteroatoms. The normalized spacial score (nSPS) is 14.7. The largest absolute Gasteiger partial charge is 0.489 e. The van der Waals surface area contributed by atoms with Gasteiger partial charge in [-0.1, -0.05) is 5.16 Å². The molecule has 29 heavy (non-hydrogen) atoms. The highest BCUT2D eigenvalue weighted by molar-refractivity contribution is 5.94. The van der Waals surface area contributed by atoms with E-state index in [0.29, 0.717) is 37.6 Å². The lowest BCUT2D eigenvalue weighted by atomic mass is 10.1. The van der Waals surface area contributed by atoms with Gasteiger partial charge < -0.3 is 24.0 Å². The van der Waals surface area contributed by atoms with Crippen LogP contribution in [0.25, 0.3) is 0 Å². The molecule has 0 bridgehead atoms. The highest BCUT2D eigenvalue weighted by atomic mass is 16.5. The number of aryl methyl sites for hydroxylation is 2. The number of carbonyl (C=O) groups is 2. The molecular formula is C21H29N4O4+. The van der Waals surface area contributed by atoms with Gasteiger partial charge in [-0.2, -0.15) is 0 Å². The molecule has 0 spiro atoms. The van der Waals surface area contributed by atoms with Crippen LogP contribution in [-0.2, 0) is 11.4 Å². The van der Waals surface area contributed by atoms with E-state index in [2.05, 4.69) is 5.16 Å². The van der Waals surface area contributed by atoms with E-state index in [-0.39, 0.29) is 11.8 Å². The molecule has 1 fully saturated rings. The van der Waals surface area contributed by atoms with Gasteiger partial charge in [0.25, 0.3) is 11.8 Å². The number of nitrogens with zero attached hydrogens (tertiary/aromatic N) is 3. The van der Waals surface area contributed by atoms with Crippen LogP contribution in [0.3, 0.4) is 0 Å². The van der Waals surface area contributed by atoms with Gasteiger partial charge in [0.05, 0.1) is 37.4 Å².